The van der Waals surface area contributed by atoms with Crippen molar-refractivity contribution in [2.45, 2.75) is 43.5 Å². The summed E-state index contributed by atoms with van der Waals surface area (Å²) in [6.07, 6.45) is 5.44. The van der Waals surface area contributed by atoms with E-state index in [-0.39, 0.29) is 17.3 Å². The van der Waals surface area contributed by atoms with Crippen LogP contribution in [0.1, 0.15) is 37.9 Å². The SMILES string of the molecule is O=S(=O)(Cc1ncn(-c2ccccc2)n1)CC1(O)CCCCC1. The monoisotopic (exact) mass is 335 g/mol. The molecule has 1 fully saturated rings. The van der Waals surface area contributed by atoms with Crippen molar-refractivity contribution in [1.29, 1.82) is 0 Å². The van der Waals surface area contributed by atoms with E-state index < -0.39 is 15.4 Å². The van der Waals surface area contributed by atoms with E-state index in [1.807, 2.05) is 30.3 Å². The first-order chi connectivity index (χ1) is 11.0. The Kier molecular flexibility index (Phi) is 4.50. The summed E-state index contributed by atoms with van der Waals surface area (Å²) < 4.78 is 26.3. The fourth-order valence-electron chi connectivity index (χ4n) is 3.08. The van der Waals surface area contributed by atoms with E-state index in [4.69, 9.17) is 0 Å². The molecule has 0 aliphatic heterocycles. The molecule has 1 aliphatic carbocycles. The molecule has 0 bridgehead atoms. The highest BCUT2D eigenvalue weighted by Crippen LogP contribution is 2.29. The molecule has 1 saturated carbocycles. The van der Waals surface area contributed by atoms with Crippen LogP contribution in [-0.2, 0) is 15.6 Å². The Balaban J connectivity index is 1.70. The Bertz CT molecular complexity index is 750. The minimum absolute atomic E-state index is 0.208. The van der Waals surface area contributed by atoms with Gasteiger partial charge in [-0.1, -0.05) is 37.5 Å². The number of benzene rings is 1. The summed E-state index contributed by atoms with van der Waals surface area (Å²) in [6.45, 7) is 0. The van der Waals surface area contributed by atoms with Gasteiger partial charge in [0, 0.05) is 0 Å². The molecule has 0 saturated heterocycles. The summed E-state index contributed by atoms with van der Waals surface area (Å²) >= 11 is 0. The predicted octanol–water partition coefficient (Wildman–Crippen LogP) is 1.88. The molecule has 1 aromatic heterocycles. The standard InChI is InChI=1S/C16H21N3O3S/c20-16(9-5-2-6-10-16)12-23(21,22)11-15-17-13-19(18-15)14-7-3-1-4-8-14/h1,3-4,7-8,13,20H,2,5-6,9-12H2. The number of para-hydroxylation sites is 1. The Morgan fingerprint density at radius 3 is 2.52 bits per heavy atom. The van der Waals surface area contributed by atoms with Crippen LogP contribution >= 0.6 is 0 Å². The maximum absolute atomic E-state index is 12.4. The molecule has 23 heavy (non-hydrogen) atoms. The first-order valence-electron chi connectivity index (χ1n) is 7.85. The van der Waals surface area contributed by atoms with Gasteiger partial charge in [0.25, 0.3) is 0 Å². The van der Waals surface area contributed by atoms with Crippen molar-refractivity contribution in [1.82, 2.24) is 14.8 Å². The van der Waals surface area contributed by atoms with Crippen LogP contribution in [0, 0.1) is 0 Å². The molecule has 3 rings (SSSR count). The van der Waals surface area contributed by atoms with Gasteiger partial charge in [-0.2, -0.15) is 5.10 Å². The second-order valence-electron chi connectivity index (χ2n) is 6.26. The van der Waals surface area contributed by atoms with Crippen molar-refractivity contribution in [3.05, 3.63) is 42.5 Å². The van der Waals surface area contributed by atoms with Gasteiger partial charge < -0.3 is 5.11 Å². The molecule has 0 amide bonds. The van der Waals surface area contributed by atoms with Gasteiger partial charge in [0.05, 0.1) is 17.0 Å². The van der Waals surface area contributed by atoms with Crippen LogP contribution in [0.15, 0.2) is 36.7 Å². The Morgan fingerprint density at radius 2 is 1.83 bits per heavy atom. The normalized spacial score (nSPS) is 18.0. The zero-order chi connectivity index (χ0) is 16.3. The average Bonchev–Trinajstić information content (AvgIpc) is 2.95. The van der Waals surface area contributed by atoms with Crippen LogP contribution < -0.4 is 0 Å². The third kappa shape index (κ3) is 4.17. The van der Waals surface area contributed by atoms with Gasteiger partial charge in [0.2, 0.25) is 0 Å². The minimum Gasteiger partial charge on any atom is -0.389 e. The lowest BCUT2D eigenvalue weighted by atomic mass is 9.86. The quantitative estimate of drug-likeness (QED) is 0.902. The van der Waals surface area contributed by atoms with E-state index in [0.29, 0.717) is 12.8 Å². The lowest BCUT2D eigenvalue weighted by Crippen LogP contribution is -2.39. The molecular weight excluding hydrogens is 314 g/mol. The van der Waals surface area contributed by atoms with E-state index in [1.165, 1.54) is 6.33 Å². The molecule has 0 radical (unpaired) electrons. The van der Waals surface area contributed by atoms with Crippen molar-refractivity contribution in [2.75, 3.05) is 5.75 Å². The number of nitrogens with zero attached hydrogens (tertiary/aromatic N) is 3. The second kappa shape index (κ2) is 6.41. The molecule has 1 aliphatic rings. The summed E-state index contributed by atoms with van der Waals surface area (Å²) in [5, 5.41) is 14.7. The van der Waals surface area contributed by atoms with Crippen molar-refractivity contribution >= 4 is 9.84 Å². The van der Waals surface area contributed by atoms with Crippen molar-refractivity contribution < 1.29 is 13.5 Å². The van der Waals surface area contributed by atoms with Crippen molar-refractivity contribution in [3.63, 3.8) is 0 Å². The average molecular weight is 335 g/mol. The molecule has 2 aromatic rings. The van der Waals surface area contributed by atoms with Gasteiger partial charge in [0.1, 0.15) is 12.1 Å². The predicted molar refractivity (Wildman–Crippen MR) is 86.9 cm³/mol. The molecule has 1 aromatic carbocycles. The largest absolute Gasteiger partial charge is 0.389 e. The van der Waals surface area contributed by atoms with E-state index in [1.54, 1.807) is 4.68 Å². The molecule has 1 heterocycles. The summed E-state index contributed by atoms with van der Waals surface area (Å²) in [4.78, 5) is 4.08. The summed E-state index contributed by atoms with van der Waals surface area (Å²) in [5.41, 5.74) is -0.256. The Morgan fingerprint density at radius 1 is 1.13 bits per heavy atom. The molecule has 1 N–H and O–H groups in total. The van der Waals surface area contributed by atoms with Gasteiger partial charge in [-0.05, 0) is 25.0 Å². The van der Waals surface area contributed by atoms with E-state index in [0.717, 1.165) is 24.9 Å². The number of rotatable bonds is 5. The van der Waals surface area contributed by atoms with Crippen LogP contribution in [0.3, 0.4) is 0 Å². The first-order valence-corrected chi connectivity index (χ1v) is 9.67. The highest BCUT2D eigenvalue weighted by Gasteiger charge is 2.35. The zero-order valence-electron chi connectivity index (χ0n) is 12.9. The maximum Gasteiger partial charge on any atom is 0.166 e. The fourth-order valence-corrected chi connectivity index (χ4v) is 4.82. The van der Waals surface area contributed by atoms with Gasteiger partial charge >= 0.3 is 0 Å². The fraction of sp³-hybridized carbons (Fsp3) is 0.500. The van der Waals surface area contributed by atoms with Crippen molar-refractivity contribution in [3.8, 4) is 5.69 Å². The van der Waals surface area contributed by atoms with E-state index >= 15 is 0 Å². The van der Waals surface area contributed by atoms with Crippen LogP contribution in [0.5, 0.6) is 0 Å². The van der Waals surface area contributed by atoms with Gasteiger partial charge in [-0.25, -0.2) is 18.1 Å². The Labute approximate surface area is 136 Å². The lowest BCUT2D eigenvalue weighted by molar-refractivity contribution is 0.0257. The number of hydrogen-bond acceptors (Lipinski definition) is 5. The van der Waals surface area contributed by atoms with E-state index in [9.17, 15) is 13.5 Å². The van der Waals surface area contributed by atoms with Gasteiger partial charge in [-0.3, -0.25) is 0 Å². The minimum atomic E-state index is -3.45. The number of sulfone groups is 1. The highest BCUT2D eigenvalue weighted by molar-refractivity contribution is 7.90. The van der Waals surface area contributed by atoms with E-state index in [2.05, 4.69) is 10.1 Å². The topological polar surface area (TPSA) is 85.1 Å². The summed E-state index contributed by atoms with van der Waals surface area (Å²) in [5.74, 6) is -0.192. The Hall–Kier alpha value is -1.73. The van der Waals surface area contributed by atoms with Crippen LogP contribution in [0.2, 0.25) is 0 Å². The number of hydrogen-bond donors (Lipinski definition) is 1. The molecule has 0 unspecified atom stereocenters. The first kappa shape index (κ1) is 16.1. The van der Waals surface area contributed by atoms with Crippen LogP contribution in [0.4, 0.5) is 0 Å². The van der Waals surface area contributed by atoms with Crippen LogP contribution in [-0.4, -0.2) is 39.6 Å². The number of aromatic nitrogens is 3. The van der Waals surface area contributed by atoms with Gasteiger partial charge in [-0.15, -0.1) is 0 Å². The van der Waals surface area contributed by atoms with Crippen molar-refractivity contribution in [2.24, 2.45) is 0 Å². The molecule has 124 valence electrons. The van der Waals surface area contributed by atoms with Gasteiger partial charge in [0.15, 0.2) is 15.7 Å². The molecule has 0 atom stereocenters. The summed E-state index contributed by atoms with van der Waals surface area (Å²) in [7, 11) is -3.45. The number of aliphatic hydroxyl groups is 1. The third-order valence-electron chi connectivity index (χ3n) is 4.18. The molecule has 0 spiro atoms. The molecular formula is C16H21N3O3S. The van der Waals surface area contributed by atoms with Crippen LogP contribution in [0.25, 0.3) is 5.69 Å². The smallest absolute Gasteiger partial charge is 0.166 e. The molecule has 7 heteroatoms. The lowest BCUT2D eigenvalue weighted by Gasteiger charge is -2.31. The molecule has 6 nitrogen and oxygen atoms in total. The third-order valence-corrected chi connectivity index (χ3v) is 5.86. The maximum atomic E-state index is 12.4. The second-order valence-corrected chi connectivity index (χ2v) is 8.32. The highest BCUT2D eigenvalue weighted by atomic mass is 32.2. The summed E-state index contributed by atoms with van der Waals surface area (Å²) in [6, 6.07) is 9.41. The zero-order valence-corrected chi connectivity index (χ0v) is 13.7.